The van der Waals surface area contributed by atoms with Gasteiger partial charge in [0.05, 0.1) is 31.1 Å². The van der Waals surface area contributed by atoms with Gasteiger partial charge in [-0.2, -0.15) is 9.97 Å². The van der Waals surface area contributed by atoms with Crippen molar-refractivity contribution in [2.75, 3.05) is 24.7 Å². The van der Waals surface area contributed by atoms with Crippen molar-refractivity contribution in [1.29, 1.82) is 0 Å². The Bertz CT molecular complexity index is 1720. The Labute approximate surface area is 254 Å². The number of nitrogens with one attached hydrogen (secondary N) is 2. The molecular formula is C29H34N7O5PS. The van der Waals surface area contributed by atoms with Gasteiger partial charge in [-0.05, 0) is 50.5 Å². The molecule has 4 aromatic rings. The summed E-state index contributed by atoms with van der Waals surface area (Å²) in [6.45, 7) is 1.95. The zero-order chi connectivity index (χ0) is 30.7. The van der Waals surface area contributed by atoms with Gasteiger partial charge in [0.2, 0.25) is 5.95 Å². The van der Waals surface area contributed by atoms with Crippen LogP contribution in [0.5, 0.6) is 5.75 Å². The summed E-state index contributed by atoms with van der Waals surface area (Å²) in [5.41, 5.74) is 6.97. The SMILES string of the molecule is C#C[C@H]1C[C@@H](COP(=S)(N[C@@H](C)C(=O)OC(C)C)Oc2cccc3ccccc23)O[C@H]1n1cnc2c(NC)nc(N)nc21. The largest absolute Gasteiger partial charge is 0.462 e. The van der Waals surface area contributed by atoms with E-state index in [4.69, 9.17) is 42.5 Å². The smallest absolute Gasteiger partial charge is 0.323 e. The van der Waals surface area contributed by atoms with Gasteiger partial charge in [-0.25, -0.2) is 10.1 Å². The highest BCUT2D eigenvalue weighted by atomic mass is 32.5. The molecule has 5 rings (SSSR count). The minimum Gasteiger partial charge on any atom is -0.462 e. The van der Waals surface area contributed by atoms with Gasteiger partial charge >= 0.3 is 12.6 Å². The summed E-state index contributed by atoms with van der Waals surface area (Å²) in [6, 6.07) is 12.7. The van der Waals surface area contributed by atoms with Gasteiger partial charge in [-0.1, -0.05) is 42.3 Å². The second-order valence-electron chi connectivity index (χ2n) is 10.4. The van der Waals surface area contributed by atoms with E-state index in [1.807, 2.05) is 42.5 Å². The van der Waals surface area contributed by atoms with Gasteiger partial charge in [0.1, 0.15) is 11.8 Å². The summed E-state index contributed by atoms with van der Waals surface area (Å²) in [7, 11) is 1.73. The van der Waals surface area contributed by atoms with Crippen LogP contribution < -0.4 is 20.7 Å². The summed E-state index contributed by atoms with van der Waals surface area (Å²) in [4.78, 5) is 25.7. The third kappa shape index (κ3) is 6.74. The molecule has 1 aliphatic heterocycles. The molecule has 2 aromatic heterocycles. The molecule has 0 radical (unpaired) electrons. The summed E-state index contributed by atoms with van der Waals surface area (Å²) < 4.78 is 26.2. The molecule has 5 atom stereocenters. The number of nitrogens with zero attached hydrogens (tertiary/aromatic N) is 4. The first-order valence-corrected chi connectivity index (χ1v) is 16.4. The Morgan fingerprint density at radius 2 is 2.02 bits per heavy atom. The maximum atomic E-state index is 12.7. The molecule has 0 spiro atoms. The van der Waals surface area contributed by atoms with E-state index in [1.54, 1.807) is 38.7 Å². The normalized spacial score (nSPS) is 20.5. The summed E-state index contributed by atoms with van der Waals surface area (Å²) >= 11 is 5.96. The van der Waals surface area contributed by atoms with Crippen molar-refractivity contribution in [3.8, 4) is 18.1 Å². The summed E-state index contributed by atoms with van der Waals surface area (Å²) in [5.74, 6) is 3.17. The Kier molecular flexibility index (Phi) is 9.15. The fourth-order valence-electron chi connectivity index (χ4n) is 4.86. The molecule has 43 heavy (non-hydrogen) atoms. The molecule has 12 nitrogen and oxygen atoms in total. The quantitative estimate of drug-likeness (QED) is 0.124. The number of carbonyl (C=O) groups excluding carboxylic acids is 1. The average Bonchev–Trinajstić information content (AvgIpc) is 3.59. The highest BCUT2D eigenvalue weighted by molar-refractivity contribution is 8.09. The molecule has 2 aromatic carbocycles. The van der Waals surface area contributed by atoms with Gasteiger partial charge in [0.25, 0.3) is 0 Å². The molecule has 226 valence electrons. The molecule has 0 aliphatic carbocycles. The standard InChI is InChI=1S/C29H34N7O5PS/c1-6-19-14-21(40-27(19)36-16-32-24-25(31-5)33-29(30)34-26(24)36)15-38-42(43,35-18(4)28(37)39-17(2)3)41-23-13-9-11-20-10-7-8-12-22(20)23/h1,7-13,16-19,21,27H,14-15H2,2-5H3,(H,35,43)(H3,30,31,33,34)/t18-,19-,21-,27+,42?/m0/s1. The fraction of sp³-hybridized carbons (Fsp3) is 0.379. The molecule has 1 saturated heterocycles. The van der Waals surface area contributed by atoms with E-state index in [-0.39, 0.29) is 24.6 Å². The van der Waals surface area contributed by atoms with Crippen LogP contribution in [0.4, 0.5) is 11.8 Å². The summed E-state index contributed by atoms with van der Waals surface area (Å²) in [5, 5.41) is 7.92. The molecule has 1 fully saturated rings. The molecule has 14 heteroatoms. The number of esters is 1. The van der Waals surface area contributed by atoms with E-state index in [0.717, 1.165) is 10.8 Å². The molecule has 0 bridgehead atoms. The van der Waals surface area contributed by atoms with Crippen LogP contribution in [0.2, 0.25) is 0 Å². The predicted molar refractivity (Wildman–Crippen MR) is 169 cm³/mol. The van der Waals surface area contributed by atoms with E-state index in [1.165, 1.54) is 0 Å². The lowest BCUT2D eigenvalue weighted by Gasteiger charge is -2.28. The topological polar surface area (TPSA) is 148 Å². The van der Waals surface area contributed by atoms with E-state index in [2.05, 4.69) is 31.3 Å². The first-order chi connectivity index (χ1) is 20.6. The lowest BCUT2D eigenvalue weighted by Crippen LogP contribution is -2.36. The van der Waals surface area contributed by atoms with Crippen LogP contribution in [-0.2, 0) is 30.6 Å². The Morgan fingerprint density at radius 1 is 1.26 bits per heavy atom. The maximum Gasteiger partial charge on any atom is 0.323 e. The molecule has 0 saturated carbocycles. The number of terminal acetylenes is 1. The monoisotopic (exact) mass is 623 g/mol. The Morgan fingerprint density at radius 3 is 2.77 bits per heavy atom. The number of anilines is 2. The Balaban J connectivity index is 1.38. The van der Waals surface area contributed by atoms with Crippen LogP contribution in [0.1, 0.15) is 33.4 Å². The van der Waals surface area contributed by atoms with Gasteiger partial charge in [-0.3, -0.25) is 9.36 Å². The number of nitrogens with two attached hydrogens (primary N) is 1. The average molecular weight is 624 g/mol. The number of hydrogen-bond donors (Lipinski definition) is 3. The molecule has 1 aliphatic rings. The zero-order valence-corrected chi connectivity index (χ0v) is 26.0. The first-order valence-electron chi connectivity index (χ1n) is 13.8. The van der Waals surface area contributed by atoms with E-state index in [9.17, 15) is 4.79 Å². The maximum absolute atomic E-state index is 12.7. The number of carbonyl (C=O) groups is 1. The van der Waals surface area contributed by atoms with Gasteiger partial charge in [0.15, 0.2) is 23.2 Å². The number of aromatic nitrogens is 4. The summed E-state index contributed by atoms with van der Waals surface area (Å²) in [6.07, 6.45) is 6.70. The molecule has 4 N–H and O–H groups in total. The van der Waals surface area contributed by atoms with E-state index >= 15 is 0 Å². The number of benzene rings is 2. The second-order valence-corrected chi connectivity index (χ2v) is 13.5. The van der Waals surface area contributed by atoms with Crippen molar-refractivity contribution < 1.29 is 23.3 Å². The van der Waals surface area contributed by atoms with Crippen molar-refractivity contribution in [1.82, 2.24) is 24.6 Å². The van der Waals surface area contributed by atoms with Crippen LogP contribution >= 0.6 is 6.64 Å². The highest BCUT2D eigenvalue weighted by Gasteiger charge is 2.38. The molecule has 3 heterocycles. The fourth-order valence-corrected chi connectivity index (χ4v) is 7.30. The number of ether oxygens (including phenoxy) is 2. The van der Waals surface area contributed by atoms with Crippen LogP contribution in [0, 0.1) is 18.3 Å². The number of imidazole rings is 1. The number of fused-ring (bicyclic) bond motifs is 2. The van der Waals surface area contributed by atoms with Crippen molar-refractivity contribution in [2.24, 2.45) is 5.92 Å². The second kappa shape index (κ2) is 12.8. The highest BCUT2D eigenvalue weighted by Crippen LogP contribution is 2.48. The lowest BCUT2D eigenvalue weighted by molar-refractivity contribution is -0.149. The first kappa shape index (κ1) is 30.7. The number of nitrogen functional groups attached to an aromatic ring is 1. The van der Waals surface area contributed by atoms with Crippen LogP contribution in [0.25, 0.3) is 21.9 Å². The predicted octanol–water partition coefficient (Wildman–Crippen LogP) is 4.39. The third-order valence-corrected chi connectivity index (χ3v) is 9.30. The van der Waals surface area contributed by atoms with Gasteiger partial charge in [-0.15, -0.1) is 6.42 Å². The van der Waals surface area contributed by atoms with Crippen molar-refractivity contribution in [2.45, 2.75) is 51.7 Å². The number of hydrogen-bond acceptors (Lipinski definition) is 11. The van der Waals surface area contributed by atoms with Crippen molar-refractivity contribution in [3.05, 3.63) is 48.8 Å². The van der Waals surface area contributed by atoms with E-state index < -0.39 is 31.0 Å². The van der Waals surface area contributed by atoms with E-state index in [0.29, 0.717) is 29.2 Å². The Hall–Kier alpha value is -3.79. The molecule has 1 unspecified atom stereocenters. The van der Waals surface area contributed by atoms with Crippen molar-refractivity contribution in [3.63, 3.8) is 0 Å². The minimum atomic E-state index is -3.33. The lowest BCUT2D eigenvalue weighted by atomic mass is 10.0. The minimum absolute atomic E-state index is 0.0567. The number of rotatable bonds is 11. The third-order valence-electron chi connectivity index (χ3n) is 6.81. The van der Waals surface area contributed by atoms with Crippen molar-refractivity contribution >= 4 is 58.1 Å². The zero-order valence-electron chi connectivity index (χ0n) is 24.3. The molecular weight excluding hydrogens is 589 g/mol. The van der Waals surface area contributed by atoms with Crippen LogP contribution in [0.3, 0.4) is 0 Å². The van der Waals surface area contributed by atoms with Gasteiger partial charge in [0, 0.05) is 12.4 Å². The van der Waals surface area contributed by atoms with Gasteiger partial charge < -0.3 is 29.6 Å². The van der Waals surface area contributed by atoms with Crippen LogP contribution in [-0.4, -0.2) is 57.4 Å². The van der Waals surface area contributed by atoms with Crippen LogP contribution in [0.15, 0.2) is 48.8 Å². The molecule has 0 amide bonds.